The number of nitrogens with zero attached hydrogens (tertiary/aromatic N) is 1. The number of para-hydroxylation sites is 1. The average molecular weight is 318 g/mol. The number of carbonyl (C=O) groups excluding carboxylic acids is 1. The number of rotatable bonds is 7. The highest BCUT2D eigenvalue weighted by Crippen LogP contribution is 2.30. The van der Waals surface area contributed by atoms with Crippen molar-refractivity contribution in [3.8, 4) is 0 Å². The van der Waals surface area contributed by atoms with Gasteiger partial charge in [-0.1, -0.05) is 18.2 Å². The van der Waals surface area contributed by atoms with Gasteiger partial charge >= 0.3 is 6.03 Å². The van der Waals surface area contributed by atoms with Crippen molar-refractivity contribution in [2.75, 3.05) is 38.8 Å². The first-order valence-electron chi connectivity index (χ1n) is 8.50. The van der Waals surface area contributed by atoms with Gasteiger partial charge in [0.05, 0.1) is 13.2 Å². The minimum atomic E-state index is 0.0178. The van der Waals surface area contributed by atoms with Crippen LogP contribution in [0.5, 0.6) is 0 Å². The van der Waals surface area contributed by atoms with Gasteiger partial charge in [-0.05, 0) is 37.3 Å². The lowest BCUT2D eigenvalue weighted by molar-refractivity contribution is 0.167. The fourth-order valence-corrected chi connectivity index (χ4v) is 3.05. The lowest BCUT2D eigenvalue weighted by atomic mass is 10.1. The average Bonchev–Trinajstić information content (AvgIpc) is 3.27. The molecule has 0 radical (unpaired) electrons. The number of hydrogen-bond acceptors (Lipinski definition) is 3. The molecule has 23 heavy (non-hydrogen) atoms. The normalized spacial score (nSPS) is 20.5. The zero-order chi connectivity index (χ0) is 16.1. The summed E-state index contributed by atoms with van der Waals surface area (Å²) in [7, 11) is 1.69. The molecule has 2 amide bonds. The van der Waals surface area contributed by atoms with Crippen LogP contribution in [0.3, 0.4) is 0 Å². The quantitative estimate of drug-likeness (QED) is 0.841. The van der Waals surface area contributed by atoms with Gasteiger partial charge in [0.1, 0.15) is 0 Å². The molecular weight excluding hydrogens is 292 g/mol. The van der Waals surface area contributed by atoms with E-state index in [0.29, 0.717) is 18.6 Å². The van der Waals surface area contributed by atoms with Crippen molar-refractivity contribution < 1.29 is 14.3 Å². The summed E-state index contributed by atoms with van der Waals surface area (Å²) in [5.41, 5.74) is 2.01. The molecule has 0 spiro atoms. The molecule has 1 heterocycles. The molecule has 1 aliphatic heterocycles. The van der Waals surface area contributed by atoms with Gasteiger partial charge in [-0.3, -0.25) is 0 Å². The molecule has 5 nitrogen and oxygen atoms in total. The van der Waals surface area contributed by atoms with Gasteiger partial charge < -0.3 is 19.7 Å². The SMILES string of the molecule is COCCc1ccccc1NC(=O)N(C[C@H]1CCOC1)C1CC1. The number of benzene rings is 1. The standard InChI is InChI=1S/C18H26N2O3/c1-22-10-9-15-4-2-3-5-17(15)19-18(21)20(16-6-7-16)12-14-8-11-23-13-14/h2-5,14,16H,6-13H2,1H3,(H,19,21)/t14-/m1/s1. The third-order valence-corrected chi connectivity index (χ3v) is 4.56. The Kier molecular flexibility index (Phi) is 5.51. The Bertz CT molecular complexity index is 525. The predicted octanol–water partition coefficient (Wildman–Crippen LogP) is 2.91. The molecule has 1 saturated heterocycles. The first kappa shape index (κ1) is 16.3. The predicted molar refractivity (Wildman–Crippen MR) is 89.7 cm³/mol. The van der Waals surface area contributed by atoms with Crippen LogP contribution in [-0.2, 0) is 15.9 Å². The first-order chi connectivity index (χ1) is 11.3. The van der Waals surface area contributed by atoms with Gasteiger partial charge in [-0.15, -0.1) is 0 Å². The van der Waals surface area contributed by atoms with Crippen LogP contribution < -0.4 is 5.32 Å². The molecule has 1 aliphatic carbocycles. The van der Waals surface area contributed by atoms with Gasteiger partial charge in [-0.25, -0.2) is 4.79 Å². The minimum Gasteiger partial charge on any atom is -0.384 e. The highest BCUT2D eigenvalue weighted by Gasteiger charge is 2.35. The third-order valence-electron chi connectivity index (χ3n) is 4.56. The van der Waals surface area contributed by atoms with E-state index in [1.165, 1.54) is 0 Å². The molecule has 1 N–H and O–H groups in total. The molecule has 1 atom stereocenters. The second kappa shape index (κ2) is 7.79. The summed E-state index contributed by atoms with van der Waals surface area (Å²) in [5, 5.41) is 3.11. The lowest BCUT2D eigenvalue weighted by Gasteiger charge is -2.26. The number of anilines is 1. The van der Waals surface area contributed by atoms with E-state index >= 15 is 0 Å². The third kappa shape index (κ3) is 4.45. The van der Waals surface area contributed by atoms with Crippen molar-refractivity contribution in [3.05, 3.63) is 29.8 Å². The maximum absolute atomic E-state index is 12.8. The lowest BCUT2D eigenvalue weighted by Crippen LogP contribution is -2.40. The van der Waals surface area contributed by atoms with Crippen LogP contribution in [-0.4, -0.2) is 50.4 Å². The number of urea groups is 1. The number of methoxy groups -OCH3 is 1. The van der Waals surface area contributed by atoms with Crippen molar-refractivity contribution in [2.24, 2.45) is 5.92 Å². The van der Waals surface area contributed by atoms with Crippen molar-refractivity contribution >= 4 is 11.7 Å². The van der Waals surface area contributed by atoms with E-state index in [2.05, 4.69) is 5.32 Å². The second-order valence-corrected chi connectivity index (χ2v) is 6.44. The number of nitrogens with one attached hydrogen (secondary N) is 1. The molecule has 126 valence electrons. The summed E-state index contributed by atoms with van der Waals surface area (Å²) in [6, 6.07) is 8.38. The molecule has 0 unspecified atom stereocenters. The Morgan fingerprint density at radius 1 is 1.35 bits per heavy atom. The van der Waals surface area contributed by atoms with Crippen molar-refractivity contribution in [3.63, 3.8) is 0 Å². The molecular formula is C18H26N2O3. The van der Waals surface area contributed by atoms with Crippen LogP contribution in [0.15, 0.2) is 24.3 Å². The van der Waals surface area contributed by atoms with E-state index in [1.807, 2.05) is 29.2 Å². The summed E-state index contributed by atoms with van der Waals surface area (Å²) in [6.07, 6.45) is 4.09. The van der Waals surface area contributed by atoms with Gasteiger partial charge in [-0.2, -0.15) is 0 Å². The van der Waals surface area contributed by atoms with Crippen LogP contribution in [0.25, 0.3) is 0 Å². The fourth-order valence-electron chi connectivity index (χ4n) is 3.05. The Morgan fingerprint density at radius 2 is 2.17 bits per heavy atom. The van der Waals surface area contributed by atoms with Crippen LogP contribution >= 0.6 is 0 Å². The Morgan fingerprint density at radius 3 is 2.87 bits per heavy atom. The molecule has 0 aromatic heterocycles. The molecule has 1 aromatic rings. The second-order valence-electron chi connectivity index (χ2n) is 6.44. The molecule has 1 saturated carbocycles. The van der Waals surface area contributed by atoms with E-state index in [1.54, 1.807) is 7.11 Å². The molecule has 3 rings (SSSR count). The van der Waals surface area contributed by atoms with Crippen LogP contribution in [0, 0.1) is 5.92 Å². The minimum absolute atomic E-state index is 0.0178. The topological polar surface area (TPSA) is 50.8 Å². The summed E-state index contributed by atoms with van der Waals surface area (Å²) in [6.45, 7) is 3.06. The Balaban J connectivity index is 1.64. The zero-order valence-electron chi connectivity index (χ0n) is 13.8. The van der Waals surface area contributed by atoms with E-state index in [4.69, 9.17) is 9.47 Å². The fraction of sp³-hybridized carbons (Fsp3) is 0.611. The van der Waals surface area contributed by atoms with E-state index in [9.17, 15) is 4.79 Å². The highest BCUT2D eigenvalue weighted by molar-refractivity contribution is 5.90. The van der Waals surface area contributed by atoms with Gasteiger partial charge in [0.15, 0.2) is 0 Å². The molecule has 1 aromatic carbocycles. The van der Waals surface area contributed by atoms with E-state index < -0.39 is 0 Å². The van der Waals surface area contributed by atoms with Crippen molar-refractivity contribution in [1.29, 1.82) is 0 Å². The smallest absolute Gasteiger partial charge is 0.322 e. The van der Waals surface area contributed by atoms with Crippen LogP contribution in [0.2, 0.25) is 0 Å². The monoisotopic (exact) mass is 318 g/mol. The molecule has 0 bridgehead atoms. The van der Waals surface area contributed by atoms with E-state index in [0.717, 1.165) is 56.7 Å². The molecule has 5 heteroatoms. The Hall–Kier alpha value is -1.59. The Labute approximate surface area is 137 Å². The number of carbonyl (C=O) groups is 1. The first-order valence-corrected chi connectivity index (χ1v) is 8.50. The van der Waals surface area contributed by atoms with Crippen LogP contribution in [0.1, 0.15) is 24.8 Å². The molecule has 2 fully saturated rings. The summed E-state index contributed by atoms with van der Waals surface area (Å²) >= 11 is 0. The zero-order valence-corrected chi connectivity index (χ0v) is 13.8. The maximum Gasteiger partial charge on any atom is 0.322 e. The number of amides is 2. The summed E-state index contributed by atoms with van der Waals surface area (Å²) in [4.78, 5) is 14.8. The number of hydrogen-bond donors (Lipinski definition) is 1. The van der Waals surface area contributed by atoms with Crippen LogP contribution in [0.4, 0.5) is 10.5 Å². The summed E-state index contributed by atoms with van der Waals surface area (Å²) in [5.74, 6) is 0.477. The molecule has 2 aliphatic rings. The highest BCUT2D eigenvalue weighted by atomic mass is 16.5. The largest absolute Gasteiger partial charge is 0.384 e. The van der Waals surface area contributed by atoms with Gasteiger partial charge in [0.25, 0.3) is 0 Å². The van der Waals surface area contributed by atoms with Crippen molar-refractivity contribution in [1.82, 2.24) is 4.90 Å². The van der Waals surface area contributed by atoms with Crippen molar-refractivity contribution in [2.45, 2.75) is 31.7 Å². The maximum atomic E-state index is 12.8. The van der Waals surface area contributed by atoms with Gasteiger partial charge in [0.2, 0.25) is 0 Å². The summed E-state index contributed by atoms with van der Waals surface area (Å²) < 4.78 is 10.6. The number of ether oxygens (including phenoxy) is 2. The van der Waals surface area contributed by atoms with E-state index in [-0.39, 0.29) is 6.03 Å². The van der Waals surface area contributed by atoms with Gasteiger partial charge in [0, 0.05) is 37.9 Å².